The molecule has 2 rings (SSSR count). The monoisotopic (exact) mass is 383 g/mol. The van der Waals surface area contributed by atoms with Crippen LogP contribution >= 0.6 is 0 Å². The molecule has 0 aliphatic carbocycles. The number of benzene rings is 1. The maximum absolute atomic E-state index is 11.6. The summed E-state index contributed by atoms with van der Waals surface area (Å²) >= 11 is 0. The van der Waals surface area contributed by atoms with Gasteiger partial charge in [-0.2, -0.15) is 0 Å². The molecule has 0 amide bonds. The van der Waals surface area contributed by atoms with Crippen LogP contribution in [-0.2, 0) is 14.9 Å². The Labute approximate surface area is 158 Å². The van der Waals surface area contributed by atoms with Crippen molar-refractivity contribution in [1.29, 1.82) is 0 Å². The molecule has 1 aliphatic heterocycles. The zero-order valence-corrected chi connectivity index (χ0v) is 17.2. The van der Waals surface area contributed by atoms with Crippen LogP contribution in [0.2, 0.25) is 0 Å². The summed E-state index contributed by atoms with van der Waals surface area (Å²) in [7, 11) is -4.27. The molecule has 0 aromatic heterocycles. The van der Waals surface area contributed by atoms with E-state index in [1.807, 2.05) is 6.92 Å². The van der Waals surface area contributed by atoms with Crippen LogP contribution in [0.3, 0.4) is 0 Å². The molecule has 0 bridgehead atoms. The molecular formula is C20H33NO4S. The van der Waals surface area contributed by atoms with Crippen LogP contribution in [0, 0.1) is 6.92 Å². The lowest BCUT2D eigenvalue weighted by Crippen LogP contribution is -2.55. The van der Waals surface area contributed by atoms with Crippen LogP contribution in [0.1, 0.15) is 57.9 Å². The number of piperidine rings is 1. The van der Waals surface area contributed by atoms with Crippen molar-refractivity contribution in [3.05, 3.63) is 29.8 Å². The Hall–Kier alpha value is -1.24. The minimum atomic E-state index is -4.27. The minimum Gasteiger partial charge on any atom is -0.744 e. The quantitative estimate of drug-likeness (QED) is 0.532. The van der Waals surface area contributed by atoms with E-state index in [0.717, 1.165) is 29.4 Å². The third-order valence-corrected chi connectivity index (χ3v) is 5.73. The van der Waals surface area contributed by atoms with Crippen molar-refractivity contribution in [2.24, 2.45) is 0 Å². The number of hydrogen-bond acceptors (Lipinski definition) is 4. The normalized spacial score (nSPS) is 16.7. The van der Waals surface area contributed by atoms with Crippen LogP contribution in [0.5, 0.6) is 0 Å². The molecule has 6 heteroatoms. The van der Waals surface area contributed by atoms with Crippen LogP contribution in [0.25, 0.3) is 0 Å². The summed E-state index contributed by atoms with van der Waals surface area (Å²) in [4.78, 5) is 11.4. The number of rotatable bonds is 7. The molecular weight excluding hydrogens is 350 g/mol. The molecule has 5 nitrogen and oxygen atoms in total. The second kappa shape index (κ2) is 10.8. The van der Waals surface area contributed by atoms with Gasteiger partial charge in [-0.05, 0) is 31.9 Å². The van der Waals surface area contributed by atoms with Gasteiger partial charge in [-0.15, -0.1) is 0 Å². The van der Waals surface area contributed by atoms with E-state index >= 15 is 0 Å². The topological polar surface area (TPSA) is 74.3 Å². The molecule has 148 valence electrons. The third kappa shape index (κ3) is 7.98. The Balaban J connectivity index is 0.000000273. The standard InChI is InChI=1S/C13H26NO.C7H8O3S/c1-3-5-9-14(10-6-4-2)11-7-8-13(15)12-14;1-6-2-4-7(5-3-6)11(8,9)10/h3-12H2,1-2H3;2-5H,1H3,(H,8,9,10)/q+1;/p-1. The van der Waals surface area contributed by atoms with Gasteiger partial charge in [0.05, 0.1) is 24.5 Å². The number of hydrogen-bond donors (Lipinski definition) is 0. The number of carbonyl (C=O) groups excluding carboxylic acids is 1. The fraction of sp³-hybridized carbons (Fsp3) is 0.650. The van der Waals surface area contributed by atoms with Gasteiger partial charge in [0, 0.05) is 12.8 Å². The van der Waals surface area contributed by atoms with Gasteiger partial charge in [0.25, 0.3) is 0 Å². The maximum Gasteiger partial charge on any atom is 0.187 e. The summed E-state index contributed by atoms with van der Waals surface area (Å²) in [5.41, 5.74) is 0.928. The summed E-state index contributed by atoms with van der Waals surface area (Å²) in [6, 6.07) is 5.78. The highest BCUT2D eigenvalue weighted by molar-refractivity contribution is 7.85. The van der Waals surface area contributed by atoms with E-state index in [1.165, 1.54) is 57.5 Å². The lowest BCUT2D eigenvalue weighted by molar-refractivity contribution is -0.923. The first-order chi connectivity index (χ1) is 12.2. The Bertz CT molecular complexity index is 645. The van der Waals surface area contributed by atoms with Gasteiger partial charge in [0.15, 0.2) is 5.78 Å². The molecule has 1 aromatic carbocycles. The Morgan fingerprint density at radius 1 is 1.04 bits per heavy atom. The number of quaternary nitrogens is 1. The van der Waals surface area contributed by atoms with E-state index in [9.17, 15) is 17.8 Å². The molecule has 1 aromatic rings. The van der Waals surface area contributed by atoms with Crippen molar-refractivity contribution < 1.29 is 22.2 Å². The average molecular weight is 384 g/mol. The molecule has 1 heterocycles. The number of nitrogens with zero attached hydrogens (tertiary/aromatic N) is 1. The molecule has 0 N–H and O–H groups in total. The number of carbonyl (C=O) groups is 1. The van der Waals surface area contributed by atoms with E-state index in [4.69, 9.17) is 0 Å². The Morgan fingerprint density at radius 2 is 1.58 bits per heavy atom. The SMILES string of the molecule is CCCC[N+]1(CCCC)CCCC(=O)C1.Cc1ccc(S(=O)(=O)[O-])cc1. The van der Waals surface area contributed by atoms with Crippen molar-refractivity contribution in [1.82, 2.24) is 0 Å². The van der Waals surface area contributed by atoms with Gasteiger partial charge in [-0.3, -0.25) is 4.79 Å². The highest BCUT2D eigenvalue weighted by Gasteiger charge is 2.32. The summed E-state index contributed by atoms with van der Waals surface area (Å²) in [5, 5.41) is 0. The van der Waals surface area contributed by atoms with E-state index in [-0.39, 0.29) is 4.90 Å². The van der Waals surface area contributed by atoms with E-state index < -0.39 is 10.1 Å². The fourth-order valence-corrected chi connectivity index (χ4v) is 3.80. The van der Waals surface area contributed by atoms with Crippen molar-refractivity contribution in [2.45, 2.75) is 64.2 Å². The zero-order chi connectivity index (χ0) is 19.6. The summed E-state index contributed by atoms with van der Waals surface area (Å²) < 4.78 is 32.3. The predicted octanol–water partition coefficient (Wildman–Crippen LogP) is 3.67. The minimum absolute atomic E-state index is 0.178. The lowest BCUT2D eigenvalue weighted by Gasteiger charge is -2.41. The highest BCUT2D eigenvalue weighted by Crippen LogP contribution is 2.19. The molecule has 0 spiro atoms. The van der Waals surface area contributed by atoms with Gasteiger partial charge in [0.2, 0.25) is 0 Å². The second-order valence-corrected chi connectivity index (χ2v) is 8.67. The molecule has 0 unspecified atom stereocenters. The zero-order valence-electron chi connectivity index (χ0n) is 16.4. The van der Waals surface area contributed by atoms with Gasteiger partial charge >= 0.3 is 0 Å². The Morgan fingerprint density at radius 3 is 2.00 bits per heavy atom. The van der Waals surface area contributed by atoms with Crippen molar-refractivity contribution in [2.75, 3.05) is 26.2 Å². The maximum atomic E-state index is 11.6. The summed E-state index contributed by atoms with van der Waals surface area (Å²) in [6.07, 6.45) is 7.00. The molecule has 1 aliphatic rings. The lowest BCUT2D eigenvalue weighted by atomic mass is 10.0. The molecule has 0 saturated carbocycles. The molecule has 0 radical (unpaired) electrons. The smallest absolute Gasteiger partial charge is 0.187 e. The van der Waals surface area contributed by atoms with Gasteiger partial charge in [-0.25, -0.2) is 8.42 Å². The van der Waals surface area contributed by atoms with Crippen molar-refractivity contribution in [3.8, 4) is 0 Å². The van der Waals surface area contributed by atoms with Crippen LogP contribution in [0.4, 0.5) is 0 Å². The largest absolute Gasteiger partial charge is 0.744 e. The van der Waals surface area contributed by atoms with Crippen molar-refractivity contribution in [3.63, 3.8) is 0 Å². The van der Waals surface area contributed by atoms with Crippen LogP contribution in [-0.4, -0.2) is 49.4 Å². The number of ketones is 1. The fourth-order valence-electron chi connectivity index (χ4n) is 3.33. The molecule has 1 saturated heterocycles. The third-order valence-electron chi connectivity index (χ3n) is 4.88. The van der Waals surface area contributed by atoms with E-state index in [1.54, 1.807) is 12.1 Å². The van der Waals surface area contributed by atoms with Crippen LogP contribution in [0.15, 0.2) is 29.2 Å². The van der Waals surface area contributed by atoms with E-state index in [2.05, 4.69) is 13.8 Å². The number of unbranched alkanes of at least 4 members (excludes halogenated alkanes) is 2. The van der Waals surface area contributed by atoms with Gasteiger partial charge in [0.1, 0.15) is 16.7 Å². The first kappa shape index (κ1) is 22.8. The number of likely N-dealkylation sites (tertiary alicyclic amines) is 1. The Kier molecular flexibility index (Phi) is 9.47. The molecule has 26 heavy (non-hydrogen) atoms. The summed E-state index contributed by atoms with van der Waals surface area (Å²) in [5.74, 6) is 0.494. The molecule has 0 atom stereocenters. The first-order valence-corrected chi connectivity index (χ1v) is 11.0. The second-order valence-electron chi connectivity index (χ2n) is 7.29. The average Bonchev–Trinajstić information content (AvgIpc) is 2.58. The summed E-state index contributed by atoms with van der Waals surface area (Å²) in [6.45, 7) is 10.8. The van der Waals surface area contributed by atoms with Crippen LogP contribution < -0.4 is 0 Å². The number of aryl methyl sites for hydroxylation is 1. The molecule has 1 fully saturated rings. The van der Waals surface area contributed by atoms with Gasteiger partial charge in [-0.1, -0.05) is 44.4 Å². The van der Waals surface area contributed by atoms with Gasteiger partial charge < -0.3 is 9.04 Å². The highest BCUT2D eigenvalue weighted by atomic mass is 32.2. The van der Waals surface area contributed by atoms with E-state index in [0.29, 0.717) is 5.78 Å². The predicted molar refractivity (Wildman–Crippen MR) is 103 cm³/mol. The van der Waals surface area contributed by atoms with Crippen molar-refractivity contribution >= 4 is 15.9 Å². The first-order valence-electron chi connectivity index (χ1n) is 9.62. The number of Topliss-reactive ketones (excluding diaryl/α,β-unsaturated/α-hetero) is 1.